The van der Waals surface area contributed by atoms with Gasteiger partial charge in [0.15, 0.2) is 0 Å². The third-order valence-electron chi connectivity index (χ3n) is 2.30. The lowest BCUT2D eigenvalue weighted by Gasteiger charge is -2.08. The van der Waals surface area contributed by atoms with Crippen LogP contribution >= 0.6 is 50.1 Å². The molecule has 0 bridgehead atoms. The highest BCUT2D eigenvalue weighted by molar-refractivity contribution is 14.1. The van der Waals surface area contributed by atoms with E-state index < -0.39 is 0 Å². The van der Waals surface area contributed by atoms with Gasteiger partial charge in [-0.3, -0.25) is 4.79 Å². The topological polar surface area (TPSA) is 29.1 Å². The Labute approximate surface area is 132 Å². The van der Waals surface area contributed by atoms with E-state index in [-0.39, 0.29) is 5.91 Å². The highest BCUT2D eigenvalue weighted by Gasteiger charge is 2.11. The molecule has 1 amide bonds. The molecule has 0 aliphatic heterocycles. The molecule has 2 aromatic carbocycles. The molecule has 92 valence electrons. The van der Waals surface area contributed by atoms with E-state index in [1.807, 2.05) is 30.3 Å². The fourth-order valence-electron chi connectivity index (χ4n) is 1.42. The lowest BCUT2D eigenvalue weighted by Crippen LogP contribution is -2.13. The Hall–Kier alpha value is -0.590. The number of anilines is 1. The number of para-hydroxylation sites is 1. The maximum absolute atomic E-state index is 12.1. The highest BCUT2D eigenvalue weighted by Crippen LogP contribution is 2.24. The monoisotopic (exact) mass is 435 g/mol. The molecule has 2 rings (SSSR count). The SMILES string of the molecule is O=C(Nc1ccccc1Cl)c1cc(I)ccc1Br. The van der Waals surface area contributed by atoms with Gasteiger partial charge in [0.25, 0.3) is 5.91 Å². The molecule has 0 heterocycles. The van der Waals surface area contributed by atoms with Gasteiger partial charge in [-0.15, -0.1) is 0 Å². The van der Waals surface area contributed by atoms with Crippen molar-refractivity contribution >= 4 is 61.7 Å². The maximum atomic E-state index is 12.1. The number of benzene rings is 2. The summed E-state index contributed by atoms with van der Waals surface area (Å²) in [6, 6.07) is 12.7. The average Bonchev–Trinajstić information content (AvgIpc) is 2.35. The largest absolute Gasteiger partial charge is 0.321 e. The summed E-state index contributed by atoms with van der Waals surface area (Å²) in [5.41, 5.74) is 1.19. The van der Waals surface area contributed by atoms with Crippen LogP contribution in [0, 0.1) is 3.57 Å². The smallest absolute Gasteiger partial charge is 0.256 e. The van der Waals surface area contributed by atoms with Crippen LogP contribution in [0.3, 0.4) is 0 Å². The summed E-state index contributed by atoms with van der Waals surface area (Å²) in [6.45, 7) is 0. The highest BCUT2D eigenvalue weighted by atomic mass is 127. The Balaban J connectivity index is 2.28. The Kier molecular flexibility index (Phi) is 4.64. The second-order valence-electron chi connectivity index (χ2n) is 3.56. The summed E-state index contributed by atoms with van der Waals surface area (Å²) in [5.74, 6) is -0.187. The zero-order chi connectivity index (χ0) is 13.1. The Morgan fingerprint density at radius 2 is 1.94 bits per heavy atom. The van der Waals surface area contributed by atoms with Gasteiger partial charge in [-0.1, -0.05) is 23.7 Å². The molecule has 0 saturated carbocycles. The minimum Gasteiger partial charge on any atom is -0.321 e. The van der Waals surface area contributed by atoms with Crippen molar-refractivity contribution in [3.05, 3.63) is 61.1 Å². The number of amides is 1. The first kappa shape index (κ1) is 13.8. The Morgan fingerprint density at radius 3 is 2.67 bits per heavy atom. The molecule has 0 fully saturated rings. The first-order chi connectivity index (χ1) is 8.58. The van der Waals surface area contributed by atoms with E-state index >= 15 is 0 Å². The first-order valence-corrected chi connectivity index (χ1v) is 7.34. The van der Waals surface area contributed by atoms with E-state index in [2.05, 4.69) is 43.8 Å². The third-order valence-corrected chi connectivity index (χ3v) is 3.99. The summed E-state index contributed by atoms with van der Waals surface area (Å²) in [5, 5.41) is 3.31. The molecule has 0 aromatic heterocycles. The molecule has 0 spiro atoms. The number of nitrogens with one attached hydrogen (secondary N) is 1. The predicted molar refractivity (Wildman–Crippen MR) is 86.3 cm³/mol. The Morgan fingerprint density at radius 1 is 1.22 bits per heavy atom. The van der Waals surface area contributed by atoms with E-state index in [9.17, 15) is 4.79 Å². The molecule has 2 nitrogen and oxygen atoms in total. The summed E-state index contributed by atoms with van der Waals surface area (Å²) in [7, 11) is 0. The van der Waals surface area contributed by atoms with Crippen molar-refractivity contribution in [1.82, 2.24) is 0 Å². The average molecular weight is 436 g/mol. The zero-order valence-electron chi connectivity index (χ0n) is 9.08. The van der Waals surface area contributed by atoms with E-state index in [0.717, 1.165) is 8.04 Å². The summed E-state index contributed by atoms with van der Waals surface area (Å²) < 4.78 is 1.76. The number of carbonyl (C=O) groups excluding carboxylic acids is 1. The molecule has 1 N–H and O–H groups in total. The van der Waals surface area contributed by atoms with Gasteiger partial charge in [0, 0.05) is 8.04 Å². The molecule has 2 aromatic rings. The fraction of sp³-hybridized carbons (Fsp3) is 0. The van der Waals surface area contributed by atoms with Gasteiger partial charge in [0.05, 0.1) is 16.3 Å². The van der Waals surface area contributed by atoms with Gasteiger partial charge in [0.1, 0.15) is 0 Å². The summed E-state index contributed by atoms with van der Waals surface area (Å²) >= 11 is 11.5. The summed E-state index contributed by atoms with van der Waals surface area (Å²) in [4.78, 5) is 12.1. The maximum Gasteiger partial charge on any atom is 0.256 e. The number of carbonyl (C=O) groups is 1. The van der Waals surface area contributed by atoms with Crippen molar-refractivity contribution in [1.29, 1.82) is 0 Å². The quantitative estimate of drug-likeness (QED) is 0.663. The molecule has 0 atom stereocenters. The van der Waals surface area contributed by atoms with Gasteiger partial charge < -0.3 is 5.32 Å². The predicted octanol–water partition coefficient (Wildman–Crippen LogP) is 4.96. The van der Waals surface area contributed by atoms with Gasteiger partial charge in [-0.25, -0.2) is 0 Å². The molecular formula is C13H8BrClINO. The van der Waals surface area contributed by atoms with Crippen LogP contribution in [0.25, 0.3) is 0 Å². The van der Waals surface area contributed by atoms with Crippen LogP contribution in [-0.4, -0.2) is 5.91 Å². The van der Waals surface area contributed by atoms with Crippen molar-refractivity contribution in [2.24, 2.45) is 0 Å². The molecule has 18 heavy (non-hydrogen) atoms. The molecule has 5 heteroatoms. The van der Waals surface area contributed by atoms with Crippen molar-refractivity contribution in [3.8, 4) is 0 Å². The van der Waals surface area contributed by atoms with Crippen molar-refractivity contribution < 1.29 is 4.79 Å². The normalized spacial score (nSPS) is 10.2. The van der Waals surface area contributed by atoms with Crippen LogP contribution in [0.5, 0.6) is 0 Å². The van der Waals surface area contributed by atoms with E-state index in [1.54, 1.807) is 12.1 Å². The van der Waals surface area contributed by atoms with Crippen LogP contribution in [-0.2, 0) is 0 Å². The van der Waals surface area contributed by atoms with E-state index in [4.69, 9.17) is 11.6 Å². The third kappa shape index (κ3) is 3.24. The van der Waals surface area contributed by atoms with Crippen LogP contribution < -0.4 is 5.32 Å². The van der Waals surface area contributed by atoms with Crippen LogP contribution in [0.1, 0.15) is 10.4 Å². The van der Waals surface area contributed by atoms with Gasteiger partial charge in [-0.2, -0.15) is 0 Å². The molecule has 0 aliphatic rings. The summed E-state index contributed by atoms with van der Waals surface area (Å²) in [6.07, 6.45) is 0. The number of rotatable bonds is 2. The van der Waals surface area contributed by atoms with Crippen molar-refractivity contribution in [3.63, 3.8) is 0 Å². The van der Waals surface area contributed by atoms with Crippen LogP contribution in [0.2, 0.25) is 5.02 Å². The molecule has 0 aliphatic carbocycles. The minimum atomic E-state index is -0.187. The van der Waals surface area contributed by atoms with Gasteiger partial charge in [0.2, 0.25) is 0 Å². The van der Waals surface area contributed by atoms with Crippen LogP contribution in [0.4, 0.5) is 5.69 Å². The lowest BCUT2D eigenvalue weighted by atomic mass is 10.2. The van der Waals surface area contributed by atoms with Gasteiger partial charge >= 0.3 is 0 Å². The second-order valence-corrected chi connectivity index (χ2v) is 6.07. The Bertz CT molecular complexity index is 603. The second kappa shape index (κ2) is 6.04. The molecule has 0 unspecified atom stereocenters. The molecular weight excluding hydrogens is 428 g/mol. The number of hydrogen-bond donors (Lipinski definition) is 1. The van der Waals surface area contributed by atoms with Crippen LogP contribution in [0.15, 0.2) is 46.9 Å². The van der Waals surface area contributed by atoms with E-state index in [1.165, 1.54) is 0 Å². The number of hydrogen-bond acceptors (Lipinski definition) is 1. The molecule has 0 radical (unpaired) electrons. The van der Waals surface area contributed by atoms with Crippen molar-refractivity contribution in [2.45, 2.75) is 0 Å². The van der Waals surface area contributed by atoms with Crippen molar-refractivity contribution in [2.75, 3.05) is 5.32 Å². The zero-order valence-corrected chi connectivity index (χ0v) is 13.6. The van der Waals surface area contributed by atoms with E-state index in [0.29, 0.717) is 16.3 Å². The fourth-order valence-corrected chi connectivity index (χ4v) is 2.52. The lowest BCUT2D eigenvalue weighted by molar-refractivity contribution is 0.102. The first-order valence-electron chi connectivity index (χ1n) is 5.09. The molecule has 0 saturated heterocycles. The van der Waals surface area contributed by atoms with Gasteiger partial charge in [-0.05, 0) is 68.9 Å². The number of halogens is 3. The minimum absolute atomic E-state index is 0.187. The standard InChI is InChI=1S/C13H8BrClINO/c14-10-6-5-8(16)7-9(10)13(18)17-12-4-2-1-3-11(12)15/h1-7H,(H,17,18).